The summed E-state index contributed by atoms with van der Waals surface area (Å²) in [6, 6.07) is 10.2. The molecule has 0 spiro atoms. The van der Waals surface area contributed by atoms with Gasteiger partial charge in [-0.25, -0.2) is 0 Å². The topological polar surface area (TPSA) is 29.1 Å². The number of hydrogen-bond acceptors (Lipinski definition) is 1. The van der Waals surface area contributed by atoms with E-state index in [1.54, 1.807) is 0 Å². The van der Waals surface area contributed by atoms with E-state index in [0.717, 1.165) is 6.42 Å². The number of carbonyl (C=O) groups is 1. The highest BCUT2D eigenvalue weighted by atomic mass is 16.1. The largest absolute Gasteiger partial charge is 0.349 e. The Morgan fingerprint density at radius 3 is 2.33 bits per heavy atom. The lowest BCUT2D eigenvalue weighted by Crippen LogP contribution is -2.31. The molecule has 1 atom stereocenters. The number of benzene rings is 1. The molecule has 1 aromatic carbocycles. The quantitative estimate of drug-likeness (QED) is 0.804. The Morgan fingerprint density at radius 1 is 1.27 bits per heavy atom. The van der Waals surface area contributed by atoms with Crippen LogP contribution in [0.4, 0.5) is 0 Å². The second-order valence-electron chi connectivity index (χ2n) is 4.03. The summed E-state index contributed by atoms with van der Waals surface area (Å²) < 4.78 is 0. The third-order valence-electron chi connectivity index (χ3n) is 2.45. The molecule has 1 amide bonds. The van der Waals surface area contributed by atoms with Crippen molar-refractivity contribution in [1.82, 2.24) is 5.32 Å². The maximum atomic E-state index is 11.6. The Kier molecular flexibility index (Phi) is 4.35. The van der Waals surface area contributed by atoms with Gasteiger partial charge in [0, 0.05) is 5.92 Å². The van der Waals surface area contributed by atoms with Crippen LogP contribution in [0.2, 0.25) is 0 Å². The van der Waals surface area contributed by atoms with Crippen molar-refractivity contribution in [1.29, 1.82) is 0 Å². The first-order valence-corrected chi connectivity index (χ1v) is 5.50. The molecule has 0 radical (unpaired) electrons. The van der Waals surface area contributed by atoms with E-state index in [2.05, 4.69) is 24.4 Å². The molecule has 0 saturated heterocycles. The number of hydrogen-bond donors (Lipinski definition) is 1. The molecule has 1 N–H and O–H groups in total. The minimum Gasteiger partial charge on any atom is -0.349 e. The normalized spacial score (nSPS) is 12.5. The molecule has 0 aromatic heterocycles. The molecular weight excluding hydrogens is 186 g/mol. The molecule has 1 rings (SSSR count). The van der Waals surface area contributed by atoms with Gasteiger partial charge in [0.2, 0.25) is 5.91 Å². The lowest BCUT2D eigenvalue weighted by Gasteiger charge is -2.18. The molecule has 0 heterocycles. The average Bonchev–Trinajstić information content (AvgIpc) is 2.26. The summed E-state index contributed by atoms with van der Waals surface area (Å²) in [5.41, 5.74) is 1.18. The molecule has 82 valence electrons. The van der Waals surface area contributed by atoms with Gasteiger partial charge in [-0.15, -0.1) is 0 Å². The summed E-state index contributed by atoms with van der Waals surface area (Å²) in [5.74, 6) is 0.161. The van der Waals surface area contributed by atoms with Gasteiger partial charge in [0.15, 0.2) is 0 Å². The van der Waals surface area contributed by atoms with Crippen LogP contribution in [0.15, 0.2) is 30.3 Å². The van der Waals surface area contributed by atoms with Crippen LogP contribution in [-0.2, 0) is 4.79 Å². The second kappa shape index (κ2) is 5.54. The van der Waals surface area contributed by atoms with E-state index in [4.69, 9.17) is 0 Å². The second-order valence-corrected chi connectivity index (χ2v) is 4.03. The number of nitrogens with one attached hydrogen (secondary N) is 1. The van der Waals surface area contributed by atoms with E-state index in [1.165, 1.54) is 5.56 Å². The van der Waals surface area contributed by atoms with E-state index in [-0.39, 0.29) is 17.9 Å². The summed E-state index contributed by atoms with van der Waals surface area (Å²) in [5, 5.41) is 3.04. The van der Waals surface area contributed by atoms with Gasteiger partial charge in [-0.1, -0.05) is 51.1 Å². The Hall–Kier alpha value is -1.31. The summed E-state index contributed by atoms with van der Waals surface area (Å²) >= 11 is 0. The highest BCUT2D eigenvalue weighted by Gasteiger charge is 2.14. The van der Waals surface area contributed by atoms with E-state index < -0.39 is 0 Å². The van der Waals surface area contributed by atoms with Crippen LogP contribution in [-0.4, -0.2) is 5.91 Å². The summed E-state index contributed by atoms with van der Waals surface area (Å²) in [6.45, 7) is 5.90. The van der Waals surface area contributed by atoms with Crippen molar-refractivity contribution in [2.75, 3.05) is 0 Å². The van der Waals surface area contributed by atoms with Crippen LogP contribution >= 0.6 is 0 Å². The highest BCUT2D eigenvalue weighted by Crippen LogP contribution is 2.16. The molecule has 2 heteroatoms. The van der Waals surface area contributed by atoms with Gasteiger partial charge in [0.1, 0.15) is 0 Å². The molecule has 0 saturated carbocycles. The lowest BCUT2D eigenvalue weighted by molar-refractivity contribution is -0.124. The molecule has 0 fully saturated rings. The fourth-order valence-corrected chi connectivity index (χ4v) is 1.44. The molecule has 0 unspecified atom stereocenters. The summed E-state index contributed by atoms with van der Waals surface area (Å²) in [7, 11) is 0. The first-order chi connectivity index (χ1) is 7.15. The number of carbonyl (C=O) groups excluding carboxylic acids is 1. The van der Waals surface area contributed by atoms with Crippen LogP contribution in [0.25, 0.3) is 0 Å². The van der Waals surface area contributed by atoms with Gasteiger partial charge < -0.3 is 5.32 Å². The SMILES string of the molecule is CC[C@@H](NC(=O)C(C)C)c1ccccc1. The van der Waals surface area contributed by atoms with Crippen LogP contribution in [0.3, 0.4) is 0 Å². The van der Waals surface area contributed by atoms with Crippen molar-refractivity contribution in [3.63, 3.8) is 0 Å². The van der Waals surface area contributed by atoms with Crippen molar-refractivity contribution in [2.24, 2.45) is 5.92 Å². The van der Waals surface area contributed by atoms with Crippen LogP contribution in [0, 0.1) is 5.92 Å². The summed E-state index contributed by atoms with van der Waals surface area (Å²) in [6.07, 6.45) is 0.919. The first kappa shape index (κ1) is 11.8. The molecule has 0 bridgehead atoms. The smallest absolute Gasteiger partial charge is 0.223 e. The van der Waals surface area contributed by atoms with Crippen molar-refractivity contribution in [3.8, 4) is 0 Å². The fourth-order valence-electron chi connectivity index (χ4n) is 1.44. The zero-order chi connectivity index (χ0) is 11.3. The molecular formula is C13H19NO. The van der Waals surface area contributed by atoms with Gasteiger partial charge in [-0.2, -0.15) is 0 Å². The third-order valence-corrected chi connectivity index (χ3v) is 2.45. The predicted molar refractivity (Wildman–Crippen MR) is 62.5 cm³/mol. The van der Waals surface area contributed by atoms with E-state index in [9.17, 15) is 4.79 Å². The van der Waals surface area contributed by atoms with Gasteiger partial charge in [-0.05, 0) is 12.0 Å². The van der Waals surface area contributed by atoms with Gasteiger partial charge in [-0.3, -0.25) is 4.79 Å². The van der Waals surface area contributed by atoms with Crippen LogP contribution < -0.4 is 5.32 Å². The predicted octanol–water partition coefficient (Wildman–Crippen LogP) is 2.91. The van der Waals surface area contributed by atoms with Crippen molar-refractivity contribution in [3.05, 3.63) is 35.9 Å². The number of rotatable bonds is 4. The third kappa shape index (κ3) is 3.39. The molecule has 0 aliphatic heterocycles. The van der Waals surface area contributed by atoms with Crippen LogP contribution in [0.1, 0.15) is 38.8 Å². The molecule has 2 nitrogen and oxygen atoms in total. The van der Waals surface area contributed by atoms with Crippen molar-refractivity contribution < 1.29 is 4.79 Å². The Balaban J connectivity index is 2.69. The maximum Gasteiger partial charge on any atom is 0.223 e. The Morgan fingerprint density at radius 2 is 1.87 bits per heavy atom. The van der Waals surface area contributed by atoms with Crippen LogP contribution in [0.5, 0.6) is 0 Å². The lowest BCUT2D eigenvalue weighted by atomic mass is 10.0. The minimum absolute atomic E-state index is 0.0442. The van der Waals surface area contributed by atoms with Crippen molar-refractivity contribution >= 4 is 5.91 Å². The van der Waals surface area contributed by atoms with E-state index in [1.807, 2.05) is 32.0 Å². The van der Waals surface area contributed by atoms with E-state index >= 15 is 0 Å². The zero-order valence-corrected chi connectivity index (χ0v) is 9.66. The monoisotopic (exact) mass is 205 g/mol. The Bertz CT molecular complexity index is 306. The average molecular weight is 205 g/mol. The van der Waals surface area contributed by atoms with Gasteiger partial charge >= 0.3 is 0 Å². The Labute approximate surface area is 91.7 Å². The zero-order valence-electron chi connectivity index (χ0n) is 9.66. The highest BCUT2D eigenvalue weighted by molar-refractivity contribution is 5.78. The molecule has 1 aromatic rings. The number of amides is 1. The molecule has 0 aliphatic rings. The van der Waals surface area contributed by atoms with E-state index in [0.29, 0.717) is 0 Å². The molecule has 0 aliphatic carbocycles. The maximum absolute atomic E-state index is 11.6. The summed E-state index contributed by atoms with van der Waals surface area (Å²) in [4.78, 5) is 11.6. The minimum atomic E-state index is 0.0442. The fraction of sp³-hybridized carbons (Fsp3) is 0.462. The van der Waals surface area contributed by atoms with Crippen molar-refractivity contribution in [2.45, 2.75) is 33.2 Å². The standard InChI is InChI=1S/C13H19NO/c1-4-12(14-13(15)10(2)3)11-8-6-5-7-9-11/h5-10,12H,4H2,1-3H3,(H,14,15)/t12-/m1/s1. The molecule has 15 heavy (non-hydrogen) atoms. The van der Waals surface area contributed by atoms with Gasteiger partial charge in [0.25, 0.3) is 0 Å². The van der Waals surface area contributed by atoms with Gasteiger partial charge in [0.05, 0.1) is 6.04 Å². The first-order valence-electron chi connectivity index (χ1n) is 5.50.